The molecule has 2 heterocycles. The Morgan fingerprint density at radius 1 is 0.878 bits per heavy atom. The summed E-state index contributed by atoms with van der Waals surface area (Å²) in [6, 6.07) is 27.1. The highest BCUT2D eigenvalue weighted by Crippen LogP contribution is 2.43. The Labute approximate surface area is 244 Å². The number of piperidine rings is 1. The number of carbonyl (C=O) groups is 2. The summed E-state index contributed by atoms with van der Waals surface area (Å²) in [5.41, 5.74) is 6.57. The molecule has 6 rings (SSSR count). The zero-order chi connectivity index (χ0) is 28.2. The summed E-state index contributed by atoms with van der Waals surface area (Å²) in [4.78, 5) is 33.7. The van der Waals surface area contributed by atoms with Gasteiger partial charge < -0.3 is 14.7 Å². The monoisotopic (exact) mass is 547 g/mol. The van der Waals surface area contributed by atoms with Crippen LogP contribution in [0, 0.1) is 0 Å². The molecule has 41 heavy (non-hydrogen) atoms. The number of rotatable bonds is 10. The first-order valence-corrected chi connectivity index (χ1v) is 15.4. The van der Waals surface area contributed by atoms with Gasteiger partial charge in [0.05, 0.1) is 5.92 Å². The van der Waals surface area contributed by atoms with Crippen molar-refractivity contribution >= 4 is 23.5 Å². The highest BCUT2D eigenvalue weighted by molar-refractivity contribution is 6.06. The lowest BCUT2D eigenvalue weighted by molar-refractivity contribution is -0.131. The lowest BCUT2D eigenvalue weighted by atomic mass is 9.90. The van der Waals surface area contributed by atoms with E-state index in [2.05, 4.69) is 76.2 Å². The van der Waals surface area contributed by atoms with Crippen molar-refractivity contribution in [2.75, 3.05) is 32.7 Å². The third-order valence-electron chi connectivity index (χ3n) is 9.09. The van der Waals surface area contributed by atoms with E-state index in [1.807, 2.05) is 30.3 Å². The Morgan fingerprint density at radius 3 is 2.39 bits per heavy atom. The number of carbonyl (C=O) groups excluding carboxylic acids is 2. The normalized spacial score (nSPS) is 18.8. The van der Waals surface area contributed by atoms with Crippen LogP contribution in [0.15, 0.2) is 78.9 Å². The molecule has 1 fully saturated rings. The van der Waals surface area contributed by atoms with Crippen LogP contribution in [0.25, 0.3) is 11.6 Å². The molecule has 1 saturated heterocycles. The first kappa shape index (κ1) is 27.5. The van der Waals surface area contributed by atoms with Gasteiger partial charge in [0.2, 0.25) is 5.91 Å². The summed E-state index contributed by atoms with van der Waals surface area (Å²) in [5, 5.41) is 0. The quantitative estimate of drug-likeness (QED) is 0.274. The second kappa shape index (κ2) is 12.4. The molecule has 2 aliphatic heterocycles. The van der Waals surface area contributed by atoms with E-state index in [0.29, 0.717) is 6.04 Å². The van der Waals surface area contributed by atoms with Crippen molar-refractivity contribution in [3.8, 4) is 0 Å². The fourth-order valence-corrected chi connectivity index (χ4v) is 6.92. The lowest BCUT2D eigenvalue weighted by Crippen LogP contribution is -2.45. The summed E-state index contributed by atoms with van der Waals surface area (Å²) in [6.07, 6.45) is 7.32. The van der Waals surface area contributed by atoms with Gasteiger partial charge in [0.15, 0.2) is 0 Å². The average Bonchev–Trinajstić information content (AvgIpc) is 3.57. The minimum atomic E-state index is -0.237. The van der Waals surface area contributed by atoms with Gasteiger partial charge in [-0.1, -0.05) is 79.7 Å². The molecule has 1 atom stereocenters. The third-order valence-corrected chi connectivity index (χ3v) is 9.09. The van der Waals surface area contributed by atoms with Crippen LogP contribution in [-0.2, 0) is 11.3 Å². The maximum absolute atomic E-state index is 14.1. The Bertz CT molecular complexity index is 1410. The van der Waals surface area contributed by atoms with Crippen molar-refractivity contribution in [1.29, 1.82) is 0 Å². The van der Waals surface area contributed by atoms with Gasteiger partial charge in [0.25, 0.3) is 5.91 Å². The smallest absolute Gasteiger partial charge is 0.254 e. The Hall–Kier alpha value is -3.70. The fraction of sp³-hybridized carbons (Fsp3) is 0.389. The van der Waals surface area contributed by atoms with Gasteiger partial charge in [-0.15, -0.1) is 0 Å². The molecule has 1 aliphatic carbocycles. The Balaban J connectivity index is 1.02. The molecule has 0 N–H and O–H groups in total. The molecule has 3 aromatic rings. The topological polar surface area (TPSA) is 43.9 Å². The molecular weight excluding hydrogens is 506 g/mol. The van der Waals surface area contributed by atoms with E-state index in [1.54, 1.807) is 0 Å². The number of hydrogen-bond acceptors (Lipinski definition) is 3. The van der Waals surface area contributed by atoms with Crippen LogP contribution in [-0.4, -0.2) is 65.3 Å². The van der Waals surface area contributed by atoms with Gasteiger partial charge in [-0.25, -0.2) is 0 Å². The molecule has 0 radical (unpaired) electrons. The van der Waals surface area contributed by atoms with Crippen molar-refractivity contribution in [3.63, 3.8) is 0 Å². The second-order valence-corrected chi connectivity index (χ2v) is 11.7. The molecule has 0 spiro atoms. The van der Waals surface area contributed by atoms with Crippen LogP contribution in [0.2, 0.25) is 0 Å². The van der Waals surface area contributed by atoms with Gasteiger partial charge in [0, 0.05) is 44.3 Å². The SMILES string of the molecule is CCCN(CCCCN1CCC(N2Cc3ccccc3C2=O)CC1)C(=O)C1C(c2ccccc2)=Cc2ccccc21. The predicted molar refractivity (Wildman–Crippen MR) is 165 cm³/mol. The van der Waals surface area contributed by atoms with Gasteiger partial charge in [-0.3, -0.25) is 9.59 Å². The summed E-state index contributed by atoms with van der Waals surface area (Å²) in [6.45, 7) is 7.62. The molecule has 3 aliphatic rings. The molecule has 5 heteroatoms. The number of fused-ring (bicyclic) bond motifs is 2. The minimum absolute atomic E-state index is 0.204. The number of likely N-dealkylation sites (tertiary alicyclic amines) is 1. The molecule has 1 unspecified atom stereocenters. The van der Waals surface area contributed by atoms with Crippen molar-refractivity contribution in [2.24, 2.45) is 0 Å². The van der Waals surface area contributed by atoms with E-state index in [4.69, 9.17) is 0 Å². The summed E-state index contributed by atoms with van der Waals surface area (Å²) >= 11 is 0. The van der Waals surface area contributed by atoms with Crippen molar-refractivity contribution < 1.29 is 9.59 Å². The molecule has 0 saturated carbocycles. The Morgan fingerprint density at radius 2 is 1.61 bits per heavy atom. The average molecular weight is 548 g/mol. The number of amides is 2. The molecule has 0 aromatic heterocycles. The molecule has 2 amide bonds. The first-order valence-electron chi connectivity index (χ1n) is 15.4. The highest BCUT2D eigenvalue weighted by atomic mass is 16.2. The van der Waals surface area contributed by atoms with E-state index in [-0.39, 0.29) is 17.7 Å². The molecule has 212 valence electrons. The van der Waals surface area contributed by atoms with Crippen molar-refractivity contribution in [1.82, 2.24) is 14.7 Å². The number of unbranched alkanes of at least 4 members (excludes halogenated alkanes) is 1. The molecular formula is C36H41N3O2. The zero-order valence-electron chi connectivity index (χ0n) is 24.2. The van der Waals surface area contributed by atoms with Crippen LogP contribution in [0.1, 0.15) is 77.6 Å². The number of benzene rings is 3. The zero-order valence-corrected chi connectivity index (χ0v) is 24.2. The van der Waals surface area contributed by atoms with Crippen molar-refractivity contribution in [2.45, 2.75) is 57.5 Å². The van der Waals surface area contributed by atoms with Crippen LogP contribution in [0.4, 0.5) is 0 Å². The van der Waals surface area contributed by atoms with Crippen LogP contribution in [0.5, 0.6) is 0 Å². The largest absolute Gasteiger partial charge is 0.342 e. The standard InChI is InChI=1S/C36H41N3O2/c1-2-20-38(36(41)34-31-16-8-6-14-28(31)25-33(34)27-12-4-3-5-13-27)22-11-10-21-37-23-18-30(19-24-37)39-26-29-15-7-9-17-32(29)35(39)40/h3-9,12-17,25,30,34H,2,10-11,18-24,26H2,1H3. The minimum Gasteiger partial charge on any atom is -0.342 e. The summed E-state index contributed by atoms with van der Waals surface area (Å²) in [5.74, 6) is 0.192. The summed E-state index contributed by atoms with van der Waals surface area (Å²) in [7, 11) is 0. The van der Waals surface area contributed by atoms with Crippen molar-refractivity contribution in [3.05, 3.63) is 107 Å². The van der Waals surface area contributed by atoms with E-state index < -0.39 is 0 Å². The first-order chi connectivity index (χ1) is 20.1. The van der Waals surface area contributed by atoms with Crippen LogP contribution in [0.3, 0.4) is 0 Å². The highest BCUT2D eigenvalue weighted by Gasteiger charge is 2.35. The Kier molecular flexibility index (Phi) is 8.33. The molecule has 0 bridgehead atoms. The van der Waals surface area contributed by atoms with Gasteiger partial charge in [-0.05, 0) is 78.6 Å². The lowest BCUT2D eigenvalue weighted by Gasteiger charge is -2.36. The molecule has 3 aromatic carbocycles. The van der Waals surface area contributed by atoms with E-state index in [1.165, 1.54) is 5.56 Å². The molecule has 5 nitrogen and oxygen atoms in total. The van der Waals surface area contributed by atoms with Gasteiger partial charge in [-0.2, -0.15) is 0 Å². The predicted octanol–water partition coefficient (Wildman–Crippen LogP) is 6.46. The van der Waals surface area contributed by atoms with E-state index in [9.17, 15) is 9.59 Å². The van der Waals surface area contributed by atoms with Crippen LogP contribution < -0.4 is 0 Å². The third kappa shape index (κ3) is 5.73. The van der Waals surface area contributed by atoms with Gasteiger partial charge >= 0.3 is 0 Å². The second-order valence-electron chi connectivity index (χ2n) is 11.7. The fourth-order valence-electron chi connectivity index (χ4n) is 6.92. The van der Waals surface area contributed by atoms with Crippen LogP contribution >= 0.6 is 0 Å². The van der Waals surface area contributed by atoms with Gasteiger partial charge in [0.1, 0.15) is 0 Å². The maximum atomic E-state index is 14.1. The number of nitrogens with zero attached hydrogens (tertiary/aromatic N) is 3. The summed E-state index contributed by atoms with van der Waals surface area (Å²) < 4.78 is 0. The van der Waals surface area contributed by atoms with E-state index >= 15 is 0 Å². The number of hydrogen-bond donors (Lipinski definition) is 0. The maximum Gasteiger partial charge on any atom is 0.254 e. The van der Waals surface area contributed by atoms with E-state index in [0.717, 1.165) is 99.2 Å².